The number of carbonyl (C=O) groups excluding carboxylic acids is 4. The van der Waals surface area contributed by atoms with Gasteiger partial charge in [0.25, 0.3) is 0 Å². The third kappa shape index (κ3) is 14.7. The van der Waals surface area contributed by atoms with Gasteiger partial charge in [-0.1, -0.05) is 55.4 Å². The molecule has 12 heteroatoms. The van der Waals surface area contributed by atoms with Crippen LogP contribution in [0.1, 0.15) is 74.7 Å². The van der Waals surface area contributed by atoms with Crippen molar-refractivity contribution in [3.05, 3.63) is 0 Å². The summed E-state index contributed by atoms with van der Waals surface area (Å²) in [6.07, 6.45) is 0.480. The van der Waals surface area contributed by atoms with E-state index in [1.165, 1.54) is 0 Å². The summed E-state index contributed by atoms with van der Waals surface area (Å²) in [5.41, 5.74) is 5.43. The summed E-state index contributed by atoms with van der Waals surface area (Å²) in [5, 5.41) is 20.8. The Hall–Kier alpha value is -2.18. The lowest BCUT2D eigenvalue weighted by Crippen LogP contribution is -2.54. The van der Waals surface area contributed by atoms with Gasteiger partial charge in [-0.05, 0) is 30.3 Å². The summed E-state index contributed by atoms with van der Waals surface area (Å²) in [5.74, 6) is -1.90. The number of rotatable bonds is 20. The summed E-state index contributed by atoms with van der Waals surface area (Å²) in [4.78, 5) is 61.3. The van der Waals surface area contributed by atoms with E-state index in [4.69, 9.17) is 5.73 Å². The minimum Gasteiger partial charge on any atom is -0.481 e. The fraction of sp³-hybridized carbons (Fsp3) is 0.808. The number of hydrogen-bond donors (Lipinski definition) is 6. The van der Waals surface area contributed by atoms with Crippen molar-refractivity contribution in [3.63, 3.8) is 0 Å². The molecule has 0 heterocycles. The molecule has 3 amide bonds. The molecule has 220 valence electrons. The molecule has 0 aliphatic heterocycles. The number of nitrogens with two attached hydrogens (primary N) is 1. The molecular formula is C26H49N5O6S. The number of hydrogen-bond acceptors (Lipinski definition) is 8. The minimum atomic E-state index is -1.11. The van der Waals surface area contributed by atoms with E-state index < -0.39 is 42.0 Å². The zero-order valence-electron chi connectivity index (χ0n) is 24.1. The third-order valence-corrected chi connectivity index (χ3v) is 6.73. The summed E-state index contributed by atoms with van der Waals surface area (Å²) in [7, 11) is 0. The number of thioether (sulfide) groups is 1. The average Bonchev–Trinajstić information content (AvgIpc) is 2.78. The highest BCUT2D eigenvalue weighted by Gasteiger charge is 2.29. The standard InChI is InChI=1S/C26H49N5O6S/c1-14(2)22(24(27)35)31-25(36)19(28-16(5)6)10-12-38-11-9-18(23(34)15(3)4)30-26(37)20(13-21(32)33)29-17(7)8/h14-20,22,28-29H,9-13H2,1-8H3,(H2,27,35)(H,30,37)(H,31,36)(H,32,33)/t18-,19-,20-,22-/m0/s1. The molecule has 0 spiro atoms. The maximum atomic E-state index is 12.8. The van der Waals surface area contributed by atoms with Crippen LogP contribution in [0.4, 0.5) is 0 Å². The van der Waals surface area contributed by atoms with Crippen LogP contribution in [0.5, 0.6) is 0 Å². The van der Waals surface area contributed by atoms with Crippen molar-refractivity contribution in [2.75, 3.05) is 11.5 Å². The Morgan fingerprint density at radius 3 is 1.63 bits per heavy atom. The first kappa shape index (κ1) is 35.8. The first-order chi connectivity index (χ1) is 17.6. The van der Waals surface area contributed by atoms with Crippen LogP contribution in [0.3, 0.4) is 0 Å². The van der Waals surface area contributed by atoms with E-state index >= 15 is 0 Å². The Bertz CT molecular complexity index is 790. The van der Waals surface area contributed by atoms with Gasteiger partial charge in [0.05, 0.1) is 24.5 Å². The van der Waals surface area contributed by atoms with E-state index in [2.05, 4.69) is 21.3 Å². The lowest BCUT2D eigenvalue weighted by Gasteiger charge is -2.25. The Morgan fingerprint density at radius 2 is 1.21 bits per heavy atom. The second-order valence-corrected chi connectivity index (χ2v) is 12.0. The predicted octanol–water partition coefficient (Wildman–Crippen LogP) is 1.04. The van der Waals surface area contributed by atoms with E-state index in [1.54, 1.807) is 25.6 Å². The van der Waals surface area contributed by atoms with Gasteiger partial charge in [0.2, 0.25) is 17.7 Å². The molecule has 0 unspecified atom stereocenters. The molecule has 0 aromatic rings. The lowest BCUT2D eigenvalue weighted by molar-refractivity contribution is -0.140. The van der Waals surface area contributed by atoms with Crippen molar-refractivity contribution in [1.29, 1.82) is 0 Å². The van der Waals surface area contributed by atoms with Crippen molar-refractivity contribution >= 4 is 41.2 Å². The highest BCUT2D eigenvalue weighted by atomic mass is 32.2. The molecule has 0 radical (unpaired) electrons. The molecule has 0 fully saturated rings. The summed E-state index contributed by atoms with van der Waals surface area (Å²) in [6.45, 7) is 14.6. The Kier molecular flexibility index (Phi) is 17.1. The number of carboxylic acids is 1. The zero-order valence-corrected chi connectivity index (χ0v) is 24.9. The van der Waals surface area contributed by atoms with Crippen LogP contribution in [0, 0.1) is 11.8 Å². The Balaban J connectivity index is 5.13. The van der Waals surface area contributed by atoms with Crippen LogP contribution in [0.25, 0.3) is 0 Å². The SMILES string of the molecule is CC(C)N[C@@H](CC(=O)O)C(=O)N[C@@H](CCSCC[C@H](NC(C)C)C(=O)N[C@H](C(N)=O)C(C)C)C(=O)C(C)C. The first-order valence-electron chi connectivity index (χ1n) is 13.3. The molecule has 0 aliphatic carbocycles. The molecule has 7 N–H and O–H groups in total. The van der Waals surface area contributed by atoms with E-state index in [0.717, 1.165) is 0 Å². The zero-order chi connectivity index (χ0) is 29.6. The predicted molar refractivity (Wildman–Crippen MR) is 151 cm³/mol. The molecule has 0 saturated heterocycles. The van der Waals surface area contributed by atoms with Gasteiger partial charge in [0.15, 0.2) is 5.78 Å². The van der Waals surface area contributed by atoms with Gasteiger partial charge in [0.1, 0.15) is 6.04 Å². The minimum absolute atomic E-state index is 0.0447. The highest BCUT2D eigenvalue weighted by Crippen LogP contribution is 2.13. The van der Waals surface area contributed by atoms with Crippen molar-refractivity contribution in [2.24, 2.45) is 17.6 Å². The van der Waals surface area contributed by atoms with E-state index in [1.807, 2.05) is 41.5 Å². The summed E-state index contributed by atoms with van der Waals surface area (Å²) in [6, 6.07) is -3.02. The van der Waals surface area contributed by atoms with Gasteiger partial charge in [-0.15, -0.1) is 0 Å². The van der Waals surface area contributed by atoms with Gasteiger partial charge in [-0.2, -0.15) is 11.8 Å². The number of carbonyl (C=O) groups is 5. The summed E-state index contributed by atoms with van der Waals surface area (Å²) >= 11 is 1.55. The molecule has 11 nitrogen and oxygen atoms in total. The molecule has 4 atom stereocenters. The van der Waals surface area contributed by atoms with Crippen LogP contribution in [-0.2, 0) is 24.0 Å². The quantitative estimate of drug-likeness (QED) is 0.119. The molecule has 0 saturated carbocycles. The summed E-state index contributed by atoms with van der Waals surface area (Å²) < 4.78 is 0. The number of primary amides is 1. The number of carboxylic acid groups (broad SMARTS) is 1. The van der Waals surface area contributed by atoms with Crippen molar-refractivity contribution in [3.8, 4) is 0 Å². The number of amides is 3. The molecule has 38 heavy (non-hydrogen) atoms. The van der Waals surface area contributed by atoms with Crippen LogP contribution in [-0.4, -0.2) is 82.3 Å². The molecule has 0 aromatic carbocycles. The van der Waals surface area contributed by atoms with Crippen LogP contribution >= 0.6 is 11.8 Å². The van der Waals surface area contributed by atoms with Gasteiger partial charge in [0, 0.05) is 18.0 Å². The smallest absolute Gasteiger partial charge is 0.305 e. The number of ketones is 1. The normalized spacial score (nSPS) is 14.8. The molecule has 0 aromatic heterocycles. The maximum absolute atomic E-state index is 12.8. The molecule has 0 aliphatic rings. The lowest BCUT2D eigenvalue weighted by atomic mass is 9.99. The second kappa shape index (κ2) is 18.2. The van der Waals surface area contributed by atoms with Gasteiger partial charge < -0.3 is 32.1 Å². The van der Waals surface area contributed by atoms with Crippen LogP contribution < -0.4 is 27.0 Å². The topological polar surface area (TPSA) is 180 Å². The largest absolute Gasteiger partial charge is 0.481 e. The van der Waals surface area contributed by atoms with Gasteiger partial charge in [-0.3, -0.25) is 24.0 Å². The highest BCUT2D eigenvalue weighted by molar-refractivity contribution is 7.99. The van der Waals surface area contributed by atoms with Gasteiger partial charge in [-0.25, -0.2) is 0 Å². The van der Waals surface area contributed by atoms with Crippen LogP contribution in [0.2, 0.25) is 0 Å². The fourth-order valence-electron chi connectivity index (χ4n) is 3.78. The first-order valence-corrected chi connectivity index (χ1v) is 14.5. The van der Waals surface area contributed by atoms with Crippen molar-refractivity contribution in [1.82, 2.24) is 21.3 Å². The van der Waals surface area contributed by atoms with Crippen molar-refractivity contribution in [2.45, 2.75) is 111 Å². The Morgan fingerprint density at radius 1 is 0.737 bits per heavy atom. The van der Waals surface area contributed by atoms with Crippen LogP contribution in [0.15, 0.2) is 0 Å². The van der Waals surface area contributed by atoms with Crippen molar-refractivity contribution < 1.29 is 29.1 Å². The third-order valence-electron chi connectivity index (χ3n) is 5.68. The van der Waals surface area contributed by atoms with E-state index in [0.29, 0.717) is 24.3 Å². The van der Waals surface area contributed by atoms with Gasteiger partial charge >= 0.3 is 5.97 Å². The second-order valence-electron chi connectivity index (χ2n) is 10.8. The molecular weight excluding hydrogens is 510 g/mol. The number of aliphatic carboxylic acids is 1. The number of nitrogens with one attached hydrogen (secondary N) is 4. The monoisotopic (exact) mass is 559 g/mol. The molecule has 0 rings (SSSR count). The average molecular weight is 560 g/mol. The maximum Gasteiger partial charge on any atom is 0.305 e. The number of Topliss-reactive ketones (excluding diaryl/α,β-unsaturated/α-hetero) is 1. The molecule has 0 bridgehead atoms. The fourth-order valence-corrected chi connectivity index (χ4v) is 4.79. The Labute approximate surface area is 231 Å². The van der Waals surface area contributed by atoms with E-state index in [-0.39, 0.29) is 42.0 Å². The van der Waals surface area contributed by atoms with E-state index in [9.17, 15) is 29.1 Å².